The van der Waals surface area contributed by atoms with E-state index in [9.17, 15) is 14.0 Å². The second kappa shape index (κ2) is 7.73. The Morgan fingerprint density at radius 3 is 2.50 bits per heavy atom. The minimum Gasteiger partial charge on any atom is -0.454 e. The molecule has 0 bridgehead atoms. The fourth-order valence-electron chi connectivity index (χ4n) is 2.50. The molecule has 24 heavy (non-hydrogen) atoms. The first-order chi connectivity index (χ1) is 11.4. The van der Waals surface area contributed by atoms with Gasteiger partial charge in [0, 0.05) is 29.6 Å². The number of benzene rings is 1. The van der Waals surface area contributed by atoms with E-state index in [4.69, 9.17) is 4.74 Å². The van der Waals surface area contributed by atoms with Crippen molar-refractivity contribution in [3.63, 3.8) is 0 Å². The van der Waals surface area contributed by atoms with Crippen LogP contribution in [0.2, 0.25) is 0 Å². The van der Waals surface area contributed by atoms with Crippen molar-refractivity contribution >= 4 is 11.8 Å². The number of nitrogens with zero attached hydrogens (tertiary/aromatic N) is 1. The lowest BCUT2D eigenvalue weighted by atomic mass is 10.1. The van der Waals surface area contributed by atoms with E-state index in [1.165, 1.54) is 18.2 Å². The fraction of sp³-hybridized carbons (Fsp3) is 0.263. The summed E-state index contributed by atoms with van der Waals surface area (Å²) in [4.78, 5) is 23.6. The van der Waals surface area contributed by atoms with Gasteiger partial charge in [-0.05, 0) is 44.5 Å². The quantitative estimate of drug-likeness (QED) is 0.462. The van der Waals surface area contributed by atoms with Crippen molar-refractivity contribution in [3.8, 4) is 0 Å². The van der Waals surface area contributed by atoms with Gasteiger partial charge in [0.25, 0.3) is 0 Å². The Morgan fingerprint density at radius 2 is 1.88 bits per heavy atom. The largest absolute Gasteiger partial charge is 0.454 e. The molecule has 0 N–H and O–H groups in total. The molecule has 0 radical (unpaired) electrons. The number of ether oxygens (including phenoxy) is 1. The SMILES string of the molecule is C/C=C/C(=O)OCC(=O)c1cc(C)n(Cc2ccc(F)cc2)c1C. The van der Waals surface area contributed by atoms with Crippen molar-refractivity contribution in [3.05, 3.63) is 70.8 Å². The van der Waals surface area contributed by atoms with E-state index in [0.29, 0.717) is 12.1 Å². The van der Waals surface area contributed by atoms with Crippen LogP contribution in [0.1, 0.15) is 34.2 Å². The molecule has 0 aliphatic rings. The van der Waals surface area contributed by atoms with Gasteiger partial charge < -0.3 is 9.30 Å². The van der Waals surface area contributed by atoms with E-state index in [-0.39, 0.29) is 18.2 Å². The second-order valence-electron chi connectivity index (χ2n) is 5.53. The highest BCUT2D eigenvalue weighted by Crippen LogP contribution is 2.18. The molecule has 0 fully saturated rings. The van der Waals surface area contributed by atoms with E-state index in [1.54, 1.807) is 31.2 Å². The van der Waals surface area contributed by atoms with Crippen LogP contribution in [-0.4, -0.2) is 22.9 Å². The Bertz CT molecular complexity index is 773. The molecule has 0 amide bonds. The van der Waals surface area contributed by atoms with Crippen molar-refractivity contribution in [1.82, 2.24) is 4.57 Å². The summed E-state index contributed by atoms with van der Waals surface area (Å²) in [5, 5.41) is 0. The second-order valence-corrected chi connectivity index (χ2v) is 5.53. The van der Waals surface area contributed by atoms with E-state index in [2.05, 4.69) is 0 Å². The van der Waals surface area contributed by atoms with E-state index in [1.807, 2.05) is 18.4 Å². The molecule has 0 aliphatic carbocycles. The molecule has 1 aromatic heterocycles. The zero-order valence-electron chi connectivity index (χ0n) is 14.0. The lowest BCUT2D eigenvalue weighted by Crippen LogP contribution is -2.13. The zero-order valence-corrected chi connectivity index (χ0v) is 14.0. The summed E-state index contributed by atoms with van der Waals surface area (Å²) in [6.07, 6.45) is 2.83. The molecule has 0 aliphatic heterocycles. The number of hydrogen-bond donors (Lipinski definition) is 0. The summed E-state index contributed by atoms with van der Waals surface area (Å²) in [6.45, 7) is 5.70. The Morgan fingerprint density at radius 1 is 1.21 bits per heavy atom. The number of halogens is 1. The van der Waals surface area contributed by atoms with Crippen LogP contribution < -0.4 is 0 Å². The minimum atomic E-state index is -0.536. The van der Waals surface area contributed by atoms with Gasteiger partial charge in [-0.2, -0.15) is 0 Å². The van der Waals surface area contributed by atoms with Crippen molar-refractivity contribution < 1.29 is 18.7 Å². The number of rotatable bonds is 6. The Balaban J connectivity index is 2.14. The molecular formula is C19H20FNO3. The van der Waals surface area contributed by atoms with Crippen molar-refractivity contribution in [2.75, 3.05) is 6.61 Å². The number of carbonyl (C=O) groups excluding carboxylic acids is 2. The number of hydrogen-bond acceptors (Lipinski definition) is 3. The van der Waals surface area contributed by atoms with E-state index >= 15 is 0 Å². The minimum absolute atomic E-state index is 0.244. The highest BCUT2D eigenvalue weighted by atomic mass is 19.1. The monoisotopic (exact) mass is 329 g/mol. The first kappa shape index (κ1) is 17.7. The number of aromatic nitrogens is 1. The van der Waals surface area contributed by atoms with Crippen LogP contribution in [0.25, 0.3) is 0 Å². The summed E-state index contributed by atoms with van der Waals surface area (Å²) < 4.78 is 19.9. The Hall–Kier alpha value is -2.69. The maximum Gasteiger partial charge on any atom is 0.330 e. The van der Waals surface area contributed by atoms with Gasteiger partial charge in [0.05, 0.1) is 0 Å². The number of ketones is 1. The molecule has 0 unspecified atom stereocenters. The third-order valence-corrected chi connectivity index (χ3v) is 3.78. The highest BCUT2D eigenvalue weighted by molar-refractivity contribution is 5.99. The van der Waals surface area contributed by atoms with Crippen LogP contribution in [0.4, 0.5) is 4.39 Å². The summed E-state index contributed by atoms with van der Waals surface area (Å²) in [7, 11) is 0. The summed E-state index contributed by atoms with van der Waals surface area (Å²) in [5.41, 5.74) is 3.18. The van der Waals surface area contributed by atoms with Crippen LogP contribution in [0.15, 0.2) is 42.5 Å². The smallest absolute Gasteiger partial charge is 0.330 e. The van der Waals surface area contributed by atoms with Crippen LogP contribution in [0.3, 0.4) is 0 Å². The molecule has 4 nitrogen and oxygen atoms in total. The standard InChI is InChI=1S/C19H20FNO3/c1-4-5-19(23)24-12-18(22)17-10-13(2)21(14(17)3)11-15-6-8-16(20)9-7-15/h4-10H,11-12H2,1-3H3/b5-4+. The molecule has 1 aromatic carbocycles. The molecule has 2 aromatic rings. The summed E-state index contributed by atoms with van der Waals surface area (Å²) in [6, 6.07) is 8.04. The number of allylic oxidation sites excluding steroid dienone is 1. The van der Waals surface area contributed by atoms with E-state index < -0.39 is 5.97 Å². The zero-order chi connectivity index (χ0) is 17.7. The predicted octanol–water partition coefficient (Wildman–Crippen LogP) is 3.59. The number of Topliss-reactive ketones (excluding diaryl/α,β-unsaturated/α-hetero) is 1. The van der Waals surface area contributed by atoms with Crippen LogP contribution in [-0.2, 0) is 16.1 Å². The number of carbonyl (C=O) groups is 2. The number of aryl methyl sites for hydroxylation is 1. The van der Waals surface area contributed by atoms with Gasteiger partial charge in [-0.15, -0.1) is 0 Å². The average molecular weight is 329 g/mol. The molecule has 5 heteroatoms. The topological polar surface area (TPSA) is 48.3 Å². The molecular weight excluding hydrogens is 309 g/mol. The van der Waals surface area contributed by atoms with Crippen molar-refractivity contribution in [2.45, 2.75) is 27.3 Å². The van der Waals surface area contributed by atoms with Gasteiger partial charge in [0.15, 0.2) is 6.61 Å². The normalized spacial score (nSPS) is 11.0. The van der Waals surface area contributed by atoms with Gasteiger partial charge in [0.2, 0.25) is 5.78 Å². The molecule has 0 spiro atoms. The fourth-order valence-corrected chi connectivity index (χ4v) is 2.50. The lowest BCUT2D eigenvalue weighted by Gasteiger charge is -2.10. The number of esters is 1. The van der Waals surface area contributed by atoms with Crippen LogP contribution in [0, 0.1) is 19.7 Å². The molecule has 0 saturated carbocycles. The van der Waals surface area contributed by atoms with Crippen LogP contribution >= 0.6 is 0 Å². The van der Waals surface area contributed by atoms with Gasteiger partial charge in [0.1, 0.15) is 5.82 Å². The Kier molecular flexibility index (Phi) is 5.68. The van der Waals surface area contributed by atoms with Crippen molar-refractivity contribution in [1.29, 1.82) is 0 Å². The maximum atomic E-state index is 13.0. The first-order valence-corrected chi connectivity index (χ1v) is 7.66. The van der Waals surface area contributed by atoms with Gasteiger partial charge in [-0.25, -0.2) is 9.18 Å². The average Bonchev–Trinajstić information content (AvgIpc) is 2.83. The maximum absolute atomic E-state index is 13.0. The Labute approximate surface area is 140 Å². The third kappa shape index (κ3) is 4.19. The van der Waals surface area contributed by atoms with Gasteiger partial charge in [-0.3, -0.25) is 4.79 Å². The first-order valence-electron chi connectivity index (χ1n) is 7.66. The van der Waals surface area contributed by atoms with Crippen LogP contribution in [0.5, 0.6) is 0 Å². The lowest BCUT2D eigenvalue weighted by molar-refractivity contribution is -0.136. The predicted molar refractivity (Wildman–Crippen MR) is 89.5 cm³/mol. The van der Waals surface area contributed by atoms with Gasteiger partial charge >= 0.3 is 5.97 Å². The van der Waals surface area contributed by atoms with Crippen molar-refractivity contribution in [2.24, 2.45) is 0 Å². The summed E-state index contributed by atoms with van der Waals surface area (Å²) >= 11 is 0. The molecule has 126 valence electrons. The summed E-state index contributed by atoms with van der Waals surface area (Å²) in [5.74, 6) is -1.06. The van der Waals surface area contributed by atoms with Gasteiger partial charge in [-0.1, -0.05) is 18.2 Å². The molecule has 2 rings (SSSR count). The molecule has 1 heterocycles. The third-order valence-electron chi connectivity index (χ3n) is 3.78. The van der Waals surface area contributed by atoms with E-state index in [0.717, 1.165) is 17.0 Å². The molecule has 0 atom stereocenters. The highest BCUT2D eigenvalue weighted by Gasteiger charge is 2.17. The molecule has 0 saturated heterocycles.